The van der Waals surface area contributed by atoms with Crippen LogP contribution in [0.1, 0.15) is 19.4 Å². The number of esters is 1. The fourth-order valence-corrected chi connectivity index (χ4v) is 3.26. The summed E-state index contributed by atoms with van der Waals surface area (Å²) in [6, 6.07) is 12.9. The summed E-state index contributed by atoms with van der Waals surface area (Å²) in [7, 11) is -3.85. The number of hydrogen-bond acceptors (Lipinski definition) is 6. The van der Waals surface area contributed by atoms with Gasteiger partial charge < -0.3 is 14.8 Å². The van der Waals surface area contributed by atoms with Crippen molar-refractivity contribution >= 4 is 27.6 Å². The van der Waals surface area contributed by atoms with E-state index in [2.05, 4.69) is 10.0 Å². The van der Waals surface area contributed by atoms with Gasteiger partial charge in [0.05, 0.1) is 11.5 Å². The number of sulfonamides is 1. The minimum atomic E-state index is -3.85. The van der Waals surface area contributed by atoms with Gasteiger partial charge in [-0.2, -0.15) is 4.72 Å². The number of ether oxygens (including phenoxy) is 2. The molecule has 0 aliphatic heterocycles. The van der Waals surface area contributed by atoms with Crippen LogP contribution in [-0.2, 0) is 24.3 Å². The average molecular weight is 420 g/mol. The third-order valence-electron chi connectivity index (χ3n) is 3.85. The molecule has 0 saturated heterocycles. The predicted molar refractivity (Wildman–Crippen MR) is 108 cm³/mol. The standard InChI is InChI=1S/C20H24N2O6S/c1-4-27-17-9-7-16(8-10-17)22-20(24)15(3)28-19(23)13-21-29(25,26)18-11-5-14(2)6-12-18/h5-12,15,21H,4,13H2,1-3H3,(H,22,24). The summed E-state index contributed by atoms with van der Waals surface area (Å²) in [6.45, 7) is 5.05. The molecule has 156 valence electrons. The number of aryl methyl sites for hydroxylation is 1. The maximum absolute atomic E-state index is 12.2. The highest BCUT2D eigenvalue weighted by molar-refractivity contribution is 7.89. The zero-order valence-electron chi connectivity index (χ0n) is 16.5. The molecule has 1 unspecified atom stereocenters. The molecule has 9 heteroatoms. The Hall–Kier alpha value is -2.91. The van der Waals surface area contributed by atoms with Crippen molar-refractivity contribution in [3.05, 3.63) is 54.1 Å². The summed E-state index contributed by atoms with van der Waals surface area (Å²) in [5.41, 5.74) is 1.43. The molecule has 0 aliphatic rings. The summed E-state index contributed by atoms with van der Waals surface area (Å²) >= 11 is 0. The predicted octanol–water partition coefficient (Wildman–Crippen LogP) is 2.24. The Kier molecular flexibility index (Phi) is 7.74. The highest BCUT2D eigenvalue weighted by atomic mass is 32.2. The van der Waals surface area contributed by atoms with Crippen LogP contribution in [0.5, 0.6) is 5.75 Å². The van der Waals surface area contributed by atoms with Crippen molar-refractivity contribution in [3.8, 4) is 5.75 Å². The normalized spacial score (nSPS) is 12.1. The van der Waals surface area contributed by atoms with Crippen LogP contribution in [0.4, 0.5) is 5.69 Å². The molecule has 0 aliphatic carbocycles. The quantitative estimate of drug-likeness (QED) is 0.602. The van der Waals surface area contributed by atoms with Gasteiger partial charge in [-0.3, -0.25) is 9.59 Å². The Bertz CT molecular complexity index is 940. The second-order valence-electron chi connectivity index (χ2n) is 6.22. The van der Waals surface area contributed by atoms with Crippen LogP contribution in [0.25, 0.3) is 0 Å². The van der Waals surface area contributed by atoms with Crippen molar-refractivity contribution in [2.75, 3.05) is 18.5 Å². The van der Waals surface area contributed by atoms with Gasteiger partial charge in [-0.1, -0.05) is 17.7 Å². The molecule has 0 saturated carbocycles. The summed E-state index contributed by atoms with van der Waals surface area (Å²) in [5, 5.41) is 2.61. The number of carbonyl (C=O) groups is 2. The SMILES string of the molecule is CCOc1ccc(NC(=O)C(C)OC(=O)CNS(=O)(=O)c2ccc(C)cc2)cc1. The molecule has 29 heavy (non-hydrogen) atoms. The van der Waals surface area contributed by atoms with Gasteiger partial charge in [0.15, 0.2) is 6.10 Å². The lowest BCUT2D eigenvalue weighted by Gasteiger charge is -2.14. The van der Waals surface area contributed by atoms with Crippen molar-refractivity contribution in [1.29, 1.82) is 0 Å². The highest BCUT2D eigenvalue weighted by Gasteiger charge is 2.20. The molecule has 2 rings (SSSR count). The lowest BCUT2D eigenvalue weighted by molar-refractivity contribution is -0.151. The first kappa shape index (κ1) is 22.4. The van der Waals surface area contributed by atoms with Crippen molar-refractivity contribution in [3.63, 3.8) is 0 Å². The van der Waals surface area contributed by atoms with Crippen LogP contribution < -0.4 is 14.8 Å². The number of benzene rings is 2. The van der Waals surface area contributed by atoms with Crippen LogP contribution in [-0.4, -0.2) is 39.5 Å². The average Bonchev–Trinajstić information content (AvgIpc) is 2.68. The third kappa shape index (κ3) is 6.88. The van der Waals surface area contributed by atoms with Crippen LogP contribution in [0, 0.1) is 6.92 Å². The molecular weight excluding hydrogens is 396 g/mol. The zero-order chi connectivity index (χ0) is 21.4. The second-order valence-corrected chi connectivity index (χ2v) is 7.98. The Morgan fingerprint density at radius 1 is 1.03 bits per heavy atom. The molecule has 8 nitrogen and oxygen atoms in total. The lowest BCUT2D eigenvalue weighted by atomic mass is 10.2. The molecule has 0 aromatic heterocycles. The summed E-state index contributed by atoms with van der Waals surface area (Å²) in [5.74, 6) is -0.732. The van der Waals surface area contributed by atoms with Gasteiger partial charge in [0, 0.05) is 5.69 Å². The first-order valence-corrected chi connectivity index (χ1v) is 10.5. The van der Waals surface area contributed by atoms with Crippen LogP contribution in [0.2, 0.25) is 0 Å². The molecule has 2 N–H and O–H groups in total. The maximum Gasteiger partial charge on any atom is 0.321 e. The van der Waals surface area contributed by atoms with E-state index in [1.54, 1.807) is 36.4 Å². The first-order valence-electron chi connectivity index (χ1n) is 9.01. The van der Waals surface area contributed by atoms with E-state index in [4.69, 9.17) is 9.47 Å². The van der Waals surface area contributed by atoms with E-state index in [-0.39, 0.29) is 4.90 Å². The fourth-order valence-electron chi connectivity index (χ4n) is 2.29. The van der Waals surface area contributed by atoms with E-state index < -0.39 is 34.5 Å². The molecule has 0 bridgehead atoms. The fraction of sp³-hybridized carbons (Fsp3) is 0.300. The minimum Gasteiger partial charge on any atom is -0.494 e. The molecule has 0 fully saturated rings. The number of anilines is 1. The van der Waals surface area contributed by atoms with Crippen molar-refractivity contribution < 1.29 is 27.5 Å². The van der Waals surface area contributed by atoms with E-state index in [1.165, 1.54) is 19.1 Å². The van der Waals surface area contributed by atoms with Gasteiger partial charge in [0.25, 0.3) is 5.91 Å². The maximum atomic E-state index is 12.2. The Balaban J connectivity index is 1.84. The Labute approximate surface area is 170 Å². The van der Waals surface area contributed by atoms with Crippen LogP contribution in [0.15, 0.2) is 53.4 Å². The van der Waals surface area contributed by atoms with Crippen molar-refractivity contribution in [2.24, 2.45) is 0 Å². The minimum absolute atomic E-state index is 0.0391. The molecule has 2 aromatic rings. The summed E-state index contributed by atoms with van der Waals surface area (Å²) in [4.78, 5) is 24.1. The second kappa shape index (κ2) is 10.0. The van der Waals surface area contributed by atoms with Crippen LogP contribution >= 0.6 is 0 Å². The highest BCUT2D eigenvalue weighted by Crippen LogP contribution is 2.16. The number of hydrogen-bond donors (Lipinski definition) is 2. The summed E-state index contributed by atoms with van der Waals surface area (Å²) < 4.78 is 36.8. The van der Waals surface area contributed by atoms with E-state index >= 15 is 0 Å². The van der Waals surface area contributed by atoms with E-state index in [0.717, 1.165) is 5.56 Å². The summed E-state index contributed by atoms with van der Waals surface area (Å²) in [6.07, 6.45) is -1.10. The number of nitrogens with one attached hydrogen (secondary N) is 2. The van der Waals surface area contributed by atoms with Gasteiger partial charge in [-0.15, -0.1) is 0 Å². The van der Waals surface area contributed by atoms with Crippen LogP contribution in [0.3, 0.4) is 0 Å². The largest absolute Gasteiger partial charge is 0.494 e. The number of amides is 1. The van der Waals surface area contributed by atoms with E-state index in [1.807, 2.05) is 13.8 Å². The third-order valence-corrected chi connectivity index (χ3v) is 5.27. The van der Waals surface area contributed by atoms with Gasteiger partial charge in [0.1, 0.15) is 12.3 Å². The molecule has 0 radical (unpaired) electrons. The molecule has 1 atom stereocenters. The number of carbonyl (C=O) groups excluding carboxylic acids is 2. The number of rotatable bonds is 9. The van der Waals surface area contributed by atoms with Gasteiger partial charge in [-0.25, -0.2) is 8.42 Å². The molecule has 0 spiro atoms. The smallest absolute Gasteiger partial charge is 0.321 e. The molecule has 0 heterocycles. The Morgan fingerprint density at radius 3 is 2.24 bits per heavy atom. The van der Waals surface area contributed by atoms with E-state index in [9.17, 15) is 18.0 Å². The van der Waals surface area contributed by atoms with Gasteiger partial charge >= 0.3 is 5.97 Å². The van der Waals surface area contributed by atoms with Crippen molar-refractivity contribution in [1.82, 2.24) is 4.72 Å². The molecule has 2 aromatic carbocycles. The topological polar surface area (TPSA) is 111 Å². The molecular formula is C20H24N2O6S. The monoisotopic (exact) mass is 420 g/mol. The van der Waals surface area contributed by atoms with Crippen molar-refractivity contribution in [2.45, 2.75) is 31.8 Å². The first-order chi connectivity index (χ1) is 13.7. The zero-order valence-corrected chi connectivity index (χ0v) is 17.3. The van der Waals surface area contributed by atoms with Gasteiger partial charge in [0.2, 0.25) is 10.0 Å². The van der Waals surface area contributed by atoms with E-state index in [0.29, 0.717) is 18.0 Å². The van der Waals surface area contributed by atoms with Gasteiger partial charge in [-0.05, 0) is 57.2 Å². The molecule has 1 amide bonds. The Morgan fingerprint density at radius 2 is 1.66 bits per heavy atom. The lowest BCUT2D eigenvalue weighted by Crippen LogP contribution is -2.35.